The van der Waals surface area contributed by atoms with Gasteiger partial charge in [0.15, 0.2) is 0 Å². The zero-order valence-electron chi connectivity index (χ0n) is 7.93. The van der Waals surface area contributed by atoms with E-state index >= 15 is 0 Å². The van der Waals surface area contributed by atoms with Gasteiger partial charge in [-0.3, -0.25) is 0 Å². The Kier molecular flexibility index (Phi) is 3.94. The molecule has 0 saturated carbocycles. The first kappa shape index (κ1) is 10.5. The molecule has 0 heterocycles. The highest BCUT2D eigenvalue weighted by Gasteiger charge is 2.08. The van der Waals surface area contributed by atoms with Crippen molar-refractivity contribution in [1.29, 1.82) is 0 Å². The quantitative estimate of drug-likeness (QED) is 0.758. The smallest absolute Gasteiger partial charge is 0.406 e. The van der Waals surface area contributed by atoms with E-state index in [1.54, 1.807) is 12.1 Å². The van der Waals surface area contributed by atoms with E-state index < -0.39 is 12.2 Å². The molecule has 0 spiro atoms. The number of hydrogen-bond donors (Lipinski definition) is 2. The molecule has 14 heavy (non-hydrogen) atoms. The second kappa shape index (κ2) is 5.24. The Morgan fingerprint density at radius 3 is 2.71 bits per heavy atom. The third-order valence-corrected chi connectivity index (χ3v) is 1.76. The number of aliphatic hydroxyl groups is 1. The fourth-order valence-electron chi connectivity index (χ4n) is 0.998. The van der Waals surface area contributed by atoms with Crippen molar-refractivity contribution in [3.63, 3.8) is 0 Å². The Hall–Kier alpha value is -1.55. The molecule has 2 N–H and O–H groups in total. The van der Waals surface area contributed by atoms with Gasteiger partial charge < -0.3 is 15.2 Å². The summed E-state index contributed by atoms with van der Waals surface area (Å²) in [6.45, 7) is -0.0380. The summed E-state index contributed by atoms with van der Waals surface area (Å²) in [6, 6.07) is 9.04. The minimum Gasteiger partial charge on any atom is -0.446 e. The highest BCUT2D eigenvalue weighted by atomic mass is 16.6. The first-order chi connectivity index (χ1) is 6.74. The fraction of sp³-hybridized carbons (Fsp3) is 0.300. The van der Waals surface area contributed by atoms with E-state index in [1.807, 2.05) is 18.2 Å². The van der Waals surface area contributed by atoms with E-state index in [-0.39, 0.29) is 6.61 Å². The molecule has 0 bridgehead atoms. The molecule has 1 atom stereocenters. The van der Waals surface area contributed by atoms with Crippen LogP contribution in [0.5, 0.6) is 0 Å². The number of rotatable bonds is 3. The Bertz CT molecular complexity index is 287. The monoisotopic (exact) mass is 195 g/mol. The van der Waals surface area contributed by atoms with Crippen LogP contribution in [0.25, 0.3) is 0 Å². The summed E-state index contributed by atoms with van der Waals surface area (Å²) in [4.78, 5) is 10.7. The topological polar surface area (TPSA) is 58.6 Å². The first-order valence-corrected chi connectivity index (χ1v) is 4.31. The van der Waals surface area contributed by atoms with Crippen molar-refractivity contribution in [2.75, 3.05) is 13.7 Å². The molecule has 0 aromatic heterocycles. The Labute approximate surface area is 82.5 Å². The molecule has 0 aliphatic carbocycles. The first-order valence-electron chi connectivity index (χ1n) is 4.31. The van der Waals surface area contributed by atoms with E-state index in [1.165, 1.54) is 7.05 Å². The summed E-state index contributed by atoms with van der Waals surface area (Å²) in [6.07, 6.45) is -1.31. The van der Waals surface area contributed by atoms with Crippen molar-refractivity contribution in [1.82, 2.24) is 5.32 Å². The molecule has 0 radical (unpaired) electrons. The van der Waals surface area contributed by atoms with Gasteiger partial charge in [0, 0.05) is 7.05 Å². The van der Waals surface area contributed by atoms with Crippen molar-refractivity contribution in [2.24, 2.45) is 0 Å². The third kappa shape index (κ3) is 3.06. The molecule has 1 rings (SSSR count). The minimum atomic E-state index is -0.770. The summed E-state index contributed by atoms with van der Waals surface area (Å²) < 4.78 is 4.71. The zero-order valence-corrected chi connectivity index (χ0v) is 7.93. The van der Waals surface area contributed by atoms with Crippen LogP contribution in [0.4, 0.5) is 4.79 Å². The van der Waals surface area contributed by atoms with E-state index in [0.29, 0.717) is 0 Å². The summed E-state index contributed by atoms with van der Waals surface area (Å²) >= 11 is 0. The van der Waals surface area contributed by atoms with Crippen LogP contribution >= 0.6 is 0 Å². The number of nitrogens with one attached hydrogen (secondary N) is 1. The maximum Gasteiger partial charge on any atom is 0.406 e. The van der Waals surface area contributed by atoms with Gasteiger partial charge in [-0.1, -0.05) is 30.3 Å². The molecule has 4 nitrogen and oxygen atoms in total. The Morgan fingerprint density at radius 1 is 1.50 bits per heavy atom. The lowest BCUT2D eigenvalue weighted by Crippen LogP contribution is -2.22. The number of carbonyl (C=O) groups is 1. The lowest BCUT2D eigenvalue weighted by molar-refractivity contribution is 0.0691. The number of amides is 1. The number of benzene rings is 1. The van der Waals surface area contributed by atoms with Gasteiger partial charge >= 0.3 is 6.09 Å². The fourth-order valence-corrected chi connectivity index (χ4v) is 0.998. The van der Waals surface area contributed by atoms with Crippen LogP contribution in [0, 0.1) is 0 Å². The van der Waals surface area contributed by atoms with Gasteiger partial charge in [-0.05, 0) is 5.56 Å². The lowest BCUT2D eigenvalue weighted by Gasteiger charge is -2.10. The molecule has 0 fully saturated rings. The van der Waals surface area contributed by atoms with Crippen molar-refractivity contribution >= 4 is 6.09 Å². The molecular weight excluding hydrogens is 182 g/mol. The van der Waals surface area contributed by atoms with Crippen LogP contribution in [0.3, 0.4) is 0 Å². The van der Waals surface area contributed by atoms with Crippen molar-refractivity contribution in [3.05, 3.63) is 35.9 Å². The second-order valence-electron chi connectivity index (χ2n) is 2.77. The molecule has 0 aliphatic heterocycles. The van der Waals surface area contributed by atoms with E-state index in [0.717, 1.165) is 5.56 Å². The highest BCUT2D eigenvalue weighted by Crippen LogP contribution is 2.11. The Morgan fingerprint density at radius 2 is 2.14 bits per heavy atom. The standard InChI is InChI=1S/C10H13NO3/c1-11-10(13)14-7-9(12)8-5-3-2-4-6-8/h2-6,9,12H,7H2,1H3,(H,11,13). The number of alkyl carbamates (subject to hydrolysis) is 1. The number of ether oxygens (including phenoxy) is 1. The molecule has 4 heteroatoms. The van der Waals surface area contributed by atoms with Crippen molar-refractivity contribution < 1.29 is 14.6 Å². The van der Waals surface area contributed by atoms with Gasteiger partial charge in [0.1, 0.15) is 12.7 Å². The lowest BCUT2D eigenvalue weighted by atomic mass is 10.1. The maximum absolute atomic E-state index is 10.7. The normalized spacial score (nSPS) is 11.9. The predicted molar refractivity (Wildman–Crippen MR) is 51.8 cm³/mol. The SMILES string of the molecule is CNC(=O)OCC(O)c1ccccc1. The van der Waals surface area contributed by atoms with Crippen molar-refractivity contribution in [3.8, 4) is 0 Å². The number of hydrogen-bond acceptors (Lipinski definition) is 3. The van der Waals surface area contributed by atoms with E-state index in [2.05, 4.69) is 5.32 Å². The van der Waals surface area contributed by atoms with Crippen LogP contribution in [0.2, 0.25) is 0 Å². The van der Waals surface area contributed by atoms with Crippen LogP contribution in [-0.2, 0) is 4.74 Å². The molecule has 0 aliphatic rings. The second-order valence-corrected chi connectivity index (χ2v) is 2.77. The summed E-state index contributed by atoms with van der Waals surface area (Å²) in [5, 5.41) is 11.9. The predicted octanol–water partition coefficient (Wildman–Crippen LogP) is 1.08. The van der Waals surface area contributed by atoms with Gasteiger partial charge in [0.05, 0.1) is 0 Å². The highest BCUT2D eigenvalue weighted by molar-refractivity contribution is 5.66. The van der Waals surface area contributed by atoms with Gasteiger partial charge in [0.25, 0.3) is 0 Å². The average Bonchev–Trinajstić information content (AvgIpc) is 2.26. The van der Waals surface area contributed by atoms with Gasteiger partial charge in [0.2, 0.25) is 0 Å². The molecule has 1 amide bonds. The van der Waals surface area contributed by atoms with E-state index in [4.69, 9.17) is 4.74 Å². The van der Waals surface area contributed by atoms with Crippen LogP contribution < -0.4 is 5.32 Å². The molecular formula is C10H13NO3. The Balaban J connectivity index is 2.43. The van der Waals surface area contributed by atoms with Crippen LogP contribution in [-0.4, -0.2) is 24.9 Å². The zero-order chi connectivity index (χ0) is 10.4. The van der Waals surface area contributed by atoms with Gasteiger partial charge in [-0.25, -0.2) is 4.79 Å². The molecule has 76 valence electrons. The van der Waals surface area contributed by atoms with Crippen molar-refractivity contribution in [2.45, 2.75) is 6.10 Å². The molecule has 0 saturated heterocycles. The van der Waals surface area contributed by atoms with Crippen LogP contribution in [0.1, 0.15) is 11.7 Å². The number of carbonyl (C=O) groups excluding carboxylic acids is 1. The molecule has 1 unspecified atom stereocenters. The summed E-state index contributed by atoms with van der Waals surface area (Å²) in [5.41, 5.74) is 0.733. The van der Waals surface area contributed by atoms with Gasteiger partial charge in [-0.2, -0.15) is 0 Å². The van der Waals surface area contributed by atoms with E-state index in [9.17, 15) is 9.90 Å². The largest absolute Gasteiger partial charge is 0.446 e. The number of aliphatic hydroxyl groups excluding tert-OH is 1. The average molecular weight is 195 g/mol. The van der Waals surface area contributed by atoms with Gasteiger partial charge in [-0.15, -0.1) is 0 Å². The summed E-state index contributed by atoms with van der Waals surface area (Å²) in [7, 11) is 1.47. The minimum absolute atomic E-state index is 0.0380. The molecule has 1 aromatic rings. The summed E-state index contributed by atoms with van der Waals surface area (Å²) in [5.74, 6) is 0. The van der Waals surface area contributed by atoms with Crippen LogP contribution in [0.15, 0.2) is 30.3 Å². The maximum atomic E-state index is 10.7. The molecule has 1 aromatic carbocycles. The third-order valence-electron chi connectivity index (χ3n) is 1.76.